The first-order valence-corrected chi connectivity index (χ1v) is 10.9. The van der Waals surface area contributed by atoms with Crippen LogP contribution >= 0.6 is 0 Å². The van der Waals surface area contributed by atoms with Crippen molar-refractivity contribution in [3.63, 3.8) is 0 Å². The molecule has 0 spiro atoms. The van der Waals surface area contributed by atoms with Gasteiger partial charge in [0, 0.05) is 58.1 Å². The van der Waals surface area contributed by atoms with E-state index in [4.69, 9.17) is 9.73 Å². The molecule has 3 aliphatic rings. The van der Waals surface area contributed by atoms with Crippen LogP contribution in [-0.2, 0) is 11.3 Å². The van der Waals surface area contributed by atoms with E-state index in [1.54, 1.807) is 0 Å². The molecule has 1 unspecified atom stereocenters. The lowest BCUT2D eigenvalue weighted by Crippen LogP contribution is -2.46. The fraction of sp³-hybridized carbons (Fsp3) is 0.714. The van der Waals surface area contributed by atoms with Crippen LogP contribution in [0.15, 0.2) is 23.3 Å². The van der Waals surface area contributed by atoms with Crippen LogP contribution < -0.4 is 10.2 Å². The molecule has 0 bridgehead atoms. The highest BCUT2D eigenvalue weighted by atomic mass is 16.5. The topological polar surface area (TPSA) is 56.2 Å². The molecule has 3 saturated heterocycles. The first-order chi connectivity index (χ1) is 13.8. The van der Waals surface area contributed by atoms with Gasteiger partial charge in [-0.2, -0.15) is 0 Å². The first kappa shape index (κ1) is 19.5. The first-order valence-electron chi connectivity index (χ1n) is 10.9. The molecule has 28 heavy (non-hydrogen) atoms. The number of rotatable bonds is 5. The maximum Gasteiger partial charge on any atom is 0.194 e. The smallest absolute Gasteiger partial charge is 0.194 e. The largest absolute Gasteiger partial charge is 0.379 e. The lowest BCUT2D eigenvalue weighted by molar-refractivity contribution is 0.0195. The molecule has 1 aromatic heterocycles. The number of guanidine groups is 1. The Hall–Kier alpha value is -1.86. The van der Waals surface area contributed by atoms with Gasteiger partial charge >= 0.3 is 0 Å². The minimum absolute atomic E-state index is 0.620. The average Bonchev–Trinajstić information content (AvgIpc) is 3.45. The maximum absolute atomic E-state index is 5.50. The number of hydrogen-bond donors (Lipinski definition) is 1. The highest BCUT2D eigenvalue weighted by Gasteiger charge is 2.30. The minimum atomic E-state index is 0.620. The van der Waals surface area contributed by atoms with Crippen LogP contribution in [0.25, 0.3) is 0 Å². The van der Waals surface area contributed by atoms with Crippen molar-refractivity contribution in [2.45, 2.75) is 38.8 Å². The minimum Gasteiger partial charge on any atom is -0.379 e. The van der Waals surface area contributed by atoms with E-state index in [0.717, 1.165) is 70.8 Å². The number of pyridine rings is 1. The van der Waals surface area contributed by atoms with Gasteiger partial charge in [-0.3, -0.25) is 4.90 Å². The molecule has 0 saturated carbocycles. The van der Waals surface area contributed by atoms with Crippen LogP contribution in [0.3, 0.4) is 0 Å². The summed E-state index contributed by atoms with van der Waals surface area (Å²) in [7, 11) is 0. The zero-order valence-corrected chi connectivity index (χ0v) is 17.1. The van der Waals surface area contributed by atoms with Crippen LogP contribution in [-0.4, -0.2) is 85.8 Å². The summed E-state index contributed by atoms with van der Waals surface area (Å²) < 4.78 is 5.50. The van der Waals surface area contributed by atoms with Crippen LogP contribution in [0.1, 0.15) is 31.7 Å². The van der Waals surface area contributed by atoms with Crippen molar-refractivity contribution >= 4 is 11.8 Å². The van der Waals surface area contributed by atoms with Crippen molar-refractivity contribution < 1.29 is 4.74 Å². The monoisotopic (exact) mass is 386 g/mol. The molecule has 4 heterocycles. The van der Waals surface area contributed by atoms with Crippen molar-refractivity contribution in [2.75, 3.05) is 63.9 Å². The predicted octanol–water partition coefficient (Wildman–Crippen LogP) is 1.55. The predicted molar refractivity (Wildman–Crippen MR) is 113 cm³/mol. The lowest BCUT2D eigenvalue weighted by atomic mass is 10.2. The molecule has 154 valence electrons. The number of aromatic nitrogens is 1. The van der Waals surface area contributed by atoms with Crippen molar-refractivity contribution in [2.24, 2.45) is 4.99 Å². The standard InChI is InChI=1S/C21H34N6O/c1-2-22-21(27-10-7-19(17-27)25-11-13-28-14-12-25)24-16-18-5-6-20(23-15-18)26-8-3-4-9-26/h5-6,15,19H,2-4,7-14,16-17H2,1H3,(H,22,24). The number of aliphatic imine (C=N–C) groups is 1. The molecule has 0 radical (unpaired) electrons. The van der Waals surface area contributed by atoms with Crippen molar-refractivity contribution in [3.05, 3.63) is 23.9 Å². The molecule has 4 rings (SSSR count). The van der Waals surface area contributed by atoms with E-state index in [0.29, 0.717) is 12.6 Å². The van der Waals surface area contributed by atoms with E-state index in [9.17, 15) is 0 Å². The van der Waals surface area contributed by atoms with E-state index >= 15 is 0 Å². The molecular weight excluding hydrogens is 352 g/mol. The van der Waals surface area contributed by atoms with Gasteiger partial charge in [0.05, 0.1) is 19.8 Å². The number of anilines is 1. The van der Waals surface area contributed by atoms with Crippen molar-refractivity contribution in [1.29, 1.82) is 0 Å². The highest BCUT2D eigenvalue weighted by Crippen LogP contribution is 2.19. The quantitative estimate of drug-likeness (QED) is 0.612. The van der Waals surface area contributed by atoms with Gasteiger partial charge in [0.2, 0.25) is 0 Å². The summed E-state index contributed by atoms with van der Waals surface area (Å²) in [5, 5.41) is 3.48. The van der Waals surface area contributed by atoms with Gasteiger partial charge in [-0.15, -0.1) is 0 Å². The Kier molecular flexibility index (Phi) is 6.65. The normalized spacial score (nSPS) is 24.2. The summed E-state index contributed by atoms with van der Waals surface area (Å²) in [4.78, 5) is 16.9. The van der Waals surface area contributed by atoms with E-state index in [-0.39, 0.29) is 0 Å². The Bertz CT molecular complexity index is 637. The number of nitrogens with one attached hydrogen (secondary N) is 1. The van der Waals surface area contributed by atoms with Gasteiger partial charge in [-0.25, -0.2) is 9.98 Å². The second-order valence-corrected chi connectivity index (χ2v) is 7.93. The molecule has 0 amide bonds. The highest BCUT2D eigenvalue weighted by molar-refractivity contribution is 5.80. The van der Waals surface area contributed by atoms with Gasteiger partial charge in [-0.05, 0) is 37.8 Å². The zero-order chi connectivity index (χ0) is 19.2. The second kappa shape index (κ2) is 9.56. The van der Waals surface area contributed by atoms with E-state index < -0.39 is 0 Å². The molecular formula is C21H34N6O. The maximum atomic E-state index is 5.50. The molecule has 0 aromatic carbocycles. The van der Waals surface area contributed by atoms with Gasteiger partial charge in [0.15, 0.2) is 5.96 Å². The van der Waals surface area contributed by atoms with Crippen LogP contribution in [0.2, 0.25) is 0 Å². The molecule has 3 fully saturated rings. The number of likely N-dealkylation sites (tertiary alicyclic amines) is 1. The van der Waals surface area contributed by atoms with E-state index in [1.165, 1.54) is 24.8 Å². The van der Waals surface area contributed by atoms with Gasteiger partial charge in [0.1, 0.15) is 5.82 Å². The third kappa shape index (κ3) is 4.75. The molecule has 3 aliphatic heterocycles. The Morgan fingerprint density at radius 2 is 2.00 bits per heavy atom. The summed E-state index contributed by atoms with van der Waals surface area (Å²) >= 11 is 0. The summed E-state index contributed by atoms with van der Waals surface area (Å²) in [5.41, 5.74) is 1.17. The Labute approximate surface area is 168 Å². The SMILES string of the molecule is CCNC(=NCc1ccc(N2CCCC2)nc1)N1CCC(N2CCOCC2)C1. The molecule has 1 N–H and O–H groups in total. The number of hydrogen-bond acceptors (Lipinski definition) is 5. The fourth-order valence-electron chi connectivity index (χ4n) is 4.41. The second-order valence-electron chi connectivity index (χ2n) is 7.93. The van der Waals surface area contributed by atoms with Crippen molar-refractivity contribution in [3.8, 4) is 0 Å². The Balaban J connectivity index is 1.35. The van der Waals surface area contributed by atoms with Crippen LogP contribution in [0, 0.1) is 0 Å². The number of ether oxygens (including phenoxy) is 1. The third-order valence-electron chi connectivity index (χ3n) is 6.01. The number of morpholine rings is 1. The van der Waals surface area contributed by atoms with Crippen LogP contribution in [0.4, 0.5) is 5.82 Å². The average molecular weight is 387 g/mol. The van der Waals surface area contributed by atoms with E-state index in [1.807, 2.05) is 6.20 Å². The molecule has 1 aromatic rings. The Morgan fingerprint density at radius 3 is 2.71 bits per heavy atom. The Morgan fingerprint density at radius 1 is 1.18 bits per heavy atom. The fourth-order valence-corrected chi connectivity index (χ4v) is 4.41. The van der Waals surface area contributed by atoms with Gasteiger partial charge in [0.25, 0.3) is 0 Å². The lowest BCUT2D eigenvalue weighted by Gasteiger charge is -2.32. The summed E-state index contributed by atoms with van der Waals surface area (Å²) in [5.74, 6) is 2.13. The van der Waals surface area contributed by atoms with Gasteiger partial charge < -0.3 is 19.9 Å². The van der Waals surface area contributed by atoms with E-state index in [2.05, 4.69) is 44.1 Å². The summed E-state index contributed by atoms with van der Waals surface area (Å²) in [6, 6.07) is 4.94. The third-order valence-corrected chi connectivity index (χ3v) is 6.01. The van der Waals surface area contributed by atoms with Gasteiger partial charge in [-0.1, -0.05) is 6.07 Å². The molecule has 1 atom stereocenters. The number of nitrogens with zero attached hydrogens (tertiary/aromatic N) is 5. The summed E-state index contributed by atoms with van der Waals surface area (Å²) in [6.07, 6.45) is 5.75. The summed E-state index contributed by atoms with van der Waals surface area (Å²) in [6.45, 7) is 11.9. The molecule has 7 heteroatoms. The molecule has 0 aliphatic carbocycles. The van der Waals surface area contributed by atoms with Crippen molar-refractivity contribution in [1.82, 2.24) is 20.1 Å². The molecule has 7 nitrogen and oxygen atoms in total. The zero-order valence-electron chi connectivity index (χ0n) is 17.1. The van der Waals surface area contributed by atoms with Crippen LogP contribution in [0.5, 0.6) is 0 Å².